The molecule has 0 bridgehead atoms. The van der Waals surface area contributed by atoms with Gasteiger partial charge in [-0.3, -0.25) is 9.59 Å². The molecule has 1 atom stereocenters. The third-order valence-electron chi connectivity index (χ3n) is 7.31. The molecule has 0 aliphatic rings. The van der Waals surface area contributed by atoms with Gasteiger partial charge in [-0.1, -0.05) is 42.5 Å². The second kappa shape index (κ2) is 15.0. The zero-order chi connectivity index (χ0) is 32.5. The molecule has 1 aromatic heterocycles. The Morgan fingerprint density at radius 3 is 2.61 bits per heavy atom. The van der Waals surface area contributed by atoms with E-state index in [2.05, 4.69) is 11.4 Å². The Morgan fingerprint density at radius 1 is 0.978 bits per heavy atom. The first-order valence-corrected chi connectivity index (χ1v) is 14.9. The van der Waals surface area contributed by atoms with Gasteiger partial charge in [0.05, 0.1) is 31.2 Å². The zero-order valence-corrected chi connectivity index (χ0v) is 25.7. The molecule has 46 heavy (non-hydrogen) atoms. The number of esters is 1. The Labute approximate surface area is 267 Å². The largest absolute Gasteiger partial charge is 0.489 e. The van der Waals surface area contributed by atoms with Crippen LogP contribution in [0.1, 0.15) is 45.3 Å². The SMILES string of the molecule is COCC(C)OC(=O)Cc1ccccc1OCc1cc(-c2cccc(CN)c2)c2oc(CNC(=O)c3cccc(C#N)c3)cc2c1. The Bertz CT molecular complexity index is 1890. The molecule has 9 heteroatoms. The summed E-state index contributed by atoms with van der Waals surface area (Å²) in [5, 5.41) is 12.9. The summed E-state index contributed by atoms with van der Waals surface area (Å²) in [4.78, 5) is 25.3. The topological polar surface area (TPSA) is 137 Å². The van der Waals surface area contributed by atoms with E-state index in [0.717, 1.165) is 33.2 Å². The number of carbonyl (C=O) groups excluding carboxylic acids is 2. The molecular formula is C37H35N3O6. The number of hydrogen-bond donors (Lipinski definition) is 2. The van der Waals surface area contributed by atoms with E-state index < -0.39 is 0 Å². The molecule has 5 rings (SSSR count). The van der Waals surface area contributed by atoms with Crippen LogP contribution in [0.15, 0.2) is 95.4 Å². The number of nitrogens with zero attached hydrogens (tertiary/aromatic N) is 1. The van der Waals surface area contributed by atoms with E-state index in [-0.39, 0.29) is 37.6 Å². The van der Waals surface area contributed by atoms with Gasteiger partial charge in [-0.2, -0.15) is 5.26 Å². The molecule has 0 aliphatic carbocycles. The van der Waals surface area contributed by atoms with Crippen molar-refractivity contribution in [1.82, 2.24) is 5.32 Å². The fourth-order valence-corrected chi connectivity index (χ4v) is 5.16. The summed E-state index contributed by atoms with van der Waals surface area (Å²) in [5.41, 5.74) is 11.8. The smallest absolute Gasteiger partial charge is 0.310 e. The number of para-hydroxylation sites is 1. The van der Waals surface area contributed by atoms with Gasteiger partial charge in [-0.05, 0) is 72.1 Å². The van der Waals surface area contributed by atoms with Crippen molar-refractivity contribution in [2.45, 2.75) is 39.1 Å². The predicted molar refractivity (Wildman–Crippen MR) is 174 cm³/mol. The van der Waals surface area contributed by atoms with E-state index in [1.807, 2.05) is 66.7 Å². The standard InChI is InChI=1S/C37H35N3O6/c1-24(22-43-2)45-35(41)18-29-9-3-4-12-34(29)44-23-27-15-31-17-32(21-40-37(42)30-11-6-8-26(14-30)20-39)46-36(31)33(16-27)28-10-5-7-25(13-28)19-38/h3-17,24H,18-19,21-23,38H2,1-2H3,(H,40,42). The number of benzene rings is 4. The van der Waals surface area contributed by atoms with Crippen LogP contribution in [0.25, 0.3) is 22.1 Å². The van der Waals surface area contributed by atoms with Crippen LogP contribution in [-0.4, -0.2) is 31.7 Å². The van der Waals surface area contributed by atoms with Crippen molar-refractivity contribution in [3.05, 3.63) is 125 Å². The van der Waals surface area contributed by atoms with Gasteiger partial charge in [0.15, 0.2) is 0 Å². The second-order valence-corrected chi connectivity index (χ2v) is 10.9. The van der Waals surface area contributed by atoms with E-state index in [1.165, 1.54) is 0 Å². The van der Waals surface area contributed by atoms with Crippen molar-refractivity contribution in [1.29, 1.82) is 5.26 Å². The van der Waals surface area contributed by atoms with Crippen molar-refractivity contribution in [3.63, 3.8) is 0 Å². The molecule has 234 valence electrons. The Balaban J connectivity index is 1.39. The van der Waals surface area contributed by atoms with Crippen molar-refractivity contribution in [2.75, 3.05) is 13.7 Å². The van der Waals surface area contributed by atoms with Gasteiger partial charge in [0.2, 0.25) is 0 Å². The second-order valence-electron chi connectivity index (χ2n) is 10.9. The van der Waals surface area contributed by atoms with Crippen LogP contribution in [-0.2, 0) is 40.4 Å². The van der Waals surface area contributed by atoms with Crippen LogP contribution >= 0.6 is 0 Å². The number of furan rings is 1. The molecule has 0 spiro atoms. The average Bonchev–Trinajstić information content (AvgIpc) is 3.49. The Kier molecular flexibility index (Phi) is 10.5. The van der Waals surface area contributed by atoms with Crippen LogP contribution < -0.4 is 15.8 Å². The van der Waals surface area contributed by atoms with E-state index in [0.29, 0.717) is 41.4 Å². The van der Waals surface area contributed by atoms with Crippen molar-refractivity contribution >= 4 is 22.8 Å². The number of nitrogens with two attached hydrogens (primary N) is 1. The quantitative estimate of drug-likeness (QED) is 0.152. The van der Waals surface area contributed by atoms with Crippen molar-refractivity contribution in [3.8, 4) is 22.9 Å². The summed E-state index contributed by atoms with van der Waals surface area (Å²) in [7, 11) is 1.56. The van der Waals surface area contributed by atoms with E-state index in [1.54, 1.807) is 38.3 Å². The maximum Gasteiger partial charge on any atom is 0.310 e. The molecule has 5 aromatic rings. The minimum atomic E-state index is -0.361. The number of rotatable bonds is 13. The molecule has 0 saturated heterocycles. The maximum atomic E-state index is 12.8. The molecule has 0 saturated carbocycles. The summed E-state index contributed by atoms with van der Waals surface area (Å²) in [6.07, 6.45) is -0.283. The number of carbonyl (C=O) groups is 2. The Morgan fingerprint density at radius 2 is 1.80 bits per heavy atom. The van der Waals surface area contributed by atoms with Crippen molar-refractivity contribution < 1.29 is 28.2 Å². The predicted octanol–water partition coefficient (Wildman–Crippen LogP) is 6.06. The van der Waals surface area contributed by atoms with Gasteiger partial charge >= 0.3 is 5.97 Å². The number of ether oxygens (including phenoxy) is 3. The number of nitrogens with one attached hydrogen (secondary N) is 1. The minimum absolute atomic E-state index is 0.0675. The molecule has 0 radical (unpaired) electrons. The molecule has 0 fully saturated rings. The number of fused-ring (bicyclic) bond motifs is 1. The third kappa shape index (κ3) is 7.99. The highest BCUT2D eigenvalue weighted by molar-refractivity contribution is 5.95. The lowest BCUT2D eigenvalue weighted by Gasteiger charge is -2.15. The molecule has 4 aromatic carbocycles. The first-order chi connectivity index (χ1) is 22.4. The summed E-state index contributed by atoms with van der Waals surface area (Å²) < 4.78 is 23.0. The van der Waals surface area contributed by atoms with Gasteiger partial charge < -0.3 is 29.7 Å². The maximum absolute atomic E-state index is 12.8. The minimum Gasteiger partial charge on any atom is -0.489 e. The summed E-state index contributed by atoms with van der Waals surface area (Å²) in [6, 6.07) is 29.8. The summed E-state index contributed by atoms with van der Waals surface area (Å²) in [6.45, 7) is 2.89. The number of amides is 1. The lowest BCUT2D eigenvalue weighted by atomic mass is 9.99. The van der Waals surface area contributed by atoms with E-state index in [9.17, 15) is 9.59 Å². The highest BCUT2D eigenvalue weighted by Crippen LogP contribution is 2.34. The first kappa shape index (κ1) is 32.0. The van der Waals surface area contributed by atoms with Gasteiger partial charge in [-0.15, -0.1) is 0 Å². The normalized spacial score (nSPS) is 11.5. The van der Waals surface area contributed by atoms with Crippen LogP contribution in [0.3, 0.4) is 0 Å². The molecule has 1 amide bonds. The monoisotopic (exact) mass is 617 g/mol. The Hall–Kier alpha value is -5.43. The first-order valence-electron chi connectivity index (χ1n) is 14.9. The van der Waals surface area contributed by atoms with Crippen LogP contribution in [0, 0.1) is 11.3 Å². The highest BCUT2D eigenvalue weighted by atomic mass is 16.6. The molecule has 0 aliphatic heterocycles. The molecule has 1 heterocycles. The van der Waals surface area contributed by atoms with Gasteiger partial charge in [0.1, 0.15) is 29.8 Å². The average molecular weight is 618 g/mol. The van der Waals surface area contributed by atoms with Crippen LogP contribution in [0.5, 0.6) is 5.75 Å². The highest BCUT2D eigenvalue weighted by Gasteiger charge is 2.17. The fourth-order valence-electron chi connectivity index (χ4n) is 5.16. The summed E-state index contributed by atoms with van der Waals surface area (Å²) >= 11 is 0. The van der Waals surface area contributed by atoms with Gasteiger partial charge in [0.25, 0.3) is 5.91 Å². The number of hydrogen-bond acceptors (Lipinski definition) is 8. The number of methoxy groups -OCH3 is 1. The number of nitriles is 1. The van der Waals surface area contributed by atoms with E-state index >= 15 is 0 Å². The van der Waals surface area contributed by atoms with E-state index in [4.69, 9.17) is 29.6 Å². The third-order valence-corrected chi connectivity index (χ3v) is 7.31. The van der Waals surface area contributed by atoms with Crippen LogP contribution in [0.2, 0.25) is 0 Å². The van der Waals surface area contributed by atoms with Crippen LogP contribution in [0.4, 0.5) is 0 Å². The summed E-state index contributed by atoms with van der Waals surface area (Å²) in [5.74, 6) is 0.487. The zero-order valence-electron chi connectivity index (χ0n) is 25.7. The molecular weight excluding hydrogens is 582 g/mol. The lowest BCUT2D eigenvalue weighted by molar-refractivity contribution is -0.149. The molecule has 3 N–H and O–H groups in total. The van der Waals surface area contributed by atoms with Gasteiger partial charge in [-0.25, -0.2) is 0 Å². The van der Waals surface area contributed by atoms with Crippen molar-refractivity contribution in [2.24, 2.45) is 5.73 Å². The molecule has 1 unspecified atom stereocenters. The van der Waals surface area contributed by atoms with Gasteiger partial charge in [0, 0.05) is 35.7 Å². The fraction of sp³-hybridized carbons (Fsp3) is 0.216. The lowest BCUT2D eigenvalue weighted by Crippen LogP contribution is -2.22. The molecule has 9 nitrogen and oxygen atoms in total.